The molecule has 0 fully saturated rings. The highest BCUT2D eigenvalue weighted by Gasteiger charge is 2.17. The molecule has 0 unspecified atom stereocenters. The molecular formula is C18H11FN8O2. The van der Waals surface area contributed by atoms with Gasteiger partial charge in [0.15, 0.2) is 5.65 Å². The van der Waals surface area contributed by atoms with Gasteiger partial charge in [0.2, 0.25) is 5.95 Å². The number of hydrogen-bond donors (Lipinski definition) is 1. The van der Waals surface area contributed by atoms with E-state index in [-0.39, 0.29) is 23.7 Å². The molecule has 3 heterocycles. The second kappa shape index (κ2) is 6.93. The summed E-state index contributed by atoms with van der Waals surface area (Å²) in [4.78, 5) is 22.7. The highest BCUT2D eigenvalue weighted by molar-refractivity contribution is 5.90. The van der Waals surface area contributed by atoms with Gasteiger partial charge >= 0.3 is 0 Å². The zero-order valence-electron chi connectivity index (χ0n) is 14.7. The number of rotatable bonds is 4. The SMILES string of the molecule is N#Cc1ccnc(-c2nc(N)nc3c2cnn3Cc2ccc([N+](=O)[O-])cc2F)c1. The maximum absolute atomic E-state index is 14.3. The van der Waals surface area contributed by atoms with E-state index in [2.05, 4.69) is 20.1 Å². The lowest BCUT2D eigenvalue weighted by molar-refractivity contribution is -0.385. The Balaban J connectivity index is 1.79. The predicted octanol–water partition coefficient (Wildman–Crippen LogP) is 2.44. The van der Waals surface area contributed by atoms with Crippen LogP contribution < -0.4 is 5.73 Å². The number of nitro groups is 1. The first-order valence-electron chi connectivity index (χ1n) is 8.24. The minimum atomic E-state index is -0.728. The van der Waals surface area contributed by atoms with Crippen LogP contribution in [0.5, 0.6) is 0 Å². The minimum absolute atomic E-state index is 0.0190. The van der Waals surface area contributed by atoms with E-state index in [0.717, 1.165) is 6.07 Å². The van der Waals surface area contributed by atoms with Crippen molar-refractivity contribution in [1.82, 2.24) is 24.7 Å². The Labute approximate surface area is 162 Å². The maximum Gasteiger partial charge on any atom is 0.272 e. The van der Waals surface area contributed by atoms with Crippen LogP contribution in [0.15, 0.2) is 42.7 Å². The molecule has 4 aromatic rings. The van der Waals surface area contributed by atoms with Gasteiger partial charge in [-0.05, 0) is 18.2 Å². The van der Waals surface area contributed by atoms with Crippen molar-refractivity contribution >= 4 is 22.7 Å². The first-order chi connectivity index (χ1) is 14.0. The standard InChI is InChI=1S/C18H11FN8O2/c19-14-6-12(27(28)29)2-1-11(14)9-26-17-13(8-23-26)16(24-18(21)25-17)15-5-10(7-20)3-4-22-15/h1-6,8H,9H2,(H2,21,24,25). The Morgan fingerprint density at radius 2 is 2.10 bits per heavy atom. The van der Waals surface area contributed by atoms with E-state index in [0.29, 0.717) is 28.0 Å². The molecule has 0 saturated heterocycles. The molecule has 0 aliphatic rings. The van der Waals surface area contributed by atoms with Gasteiger partial charge in [-0.15, -0.1) is 0 Å². The van der Waals surface area contributed by atoms with Crippen molar-refractivity contribution in [2.75, 3.05) is 5.73 Å². The van der Waals surface area contributed by atoms with Crippen LogP contribution in [0.25, 0.3) is 22.4 Å². The highest BCUT2D eigenvalue weighted by atomic mass is 19.1. The van der Waals surface area contributed by atoms with E-state index >= 15 is 0 Å². The fourth-order valence-corrected chi connectivity index (χ4v) is 2.85. The van der Waals surface area contributed by atoms with Crippen molar-refractivity contribution in [1.29, 1.82) is 5.26 Å². The van der Waals surface area contributed by atoms with Crippen LogP contribution in [0.1, 0.15) is 11.1 Å². The van der Waals surface area contributed by atoms with Crippen LogP contribution in [0.4, 0.5) is 16.0 Å². The third-order valence-electron chi connectivity index (χ3n) is 4.21. The molecule has 0 amide bonds. The summed E-state index contributed by atoms with van der Waals surface area (Å²) in [5.74, 6) is -0.768. The largest absolute Gasteiger partial charge is 0.368 e. The summed E-state index contributed by atoms with van der Waals surface area (Å²) in [6.45, 7) is -0.0190. The lowest BCUT2D eigenvalue weighted by Crippen LogP contribution is -2.07. The molecule has 10 nitrogen and oxygen atoms in total. The van der Waals surface area contributed by atoms with Crippen LogP contribution in [-0.4, -0.2) is 29.7 Å². The second-order valence-electron chi connectivity index (χ2n) is 6.04. The van der Waals surface area contributed by atoms with Gasteiger partial charge in [0.25, 0.3) is 5.69 Å². The predicted molar refractivity (Wildman–Crippen MR) is 99.8 cm³/mol. The Morgan fingerprint density at radius 1 is 1.28 bits per heavy atom. The van der Waals surface area contributed by atoms with E-state index in [1.165, 1.54) is 29.2 Å². The smallest absolute Gasteiger partial charge is 0.272 e. The number of nitrogen functional groups attached to an aromatic ring is 1. The number of fused-ring (bicyclic) bond motifs is 1. The first-order valence-corrected chi connectivity index (χ1v) is 8.24. The summed E-state index contributed by atoms with van der Waals surface area (Å²) in [5.41, 5.74) is 7.25. The molecule has 0 atom stereocenters. The van der Waals surface area contributed by atoms with Gasteiger partial charge in [0, 0.05) is 17.8 Å². The number of hydrogen-bond acceptors (Lipinski definition) is 8. The lowest BCUT2D eigenvalue weighted by Gasteiger charge is -2.07. The number of benzene rings is 1. The lowest BCUT2D eigenvalue weighted by atomic mass is 10.1. The van der Waals surface area contributed by atoms with Gasteiger partial charge in [-0.3, -0.25) is 15.1 Å². The molecule has 0 saturated carbocycles. The first kappa shape index (κ1) is 17.9. The van der Waals surface area contributed by atoms with Crippen LogP contribution in [0.3, 0.4) is 0 Å². The molecule has 0 aliphatic carbocycles. The van der Waals surface area contributed by atoms with Crippen LogP contribution >= 0.6 is 0 Å². The van der Waals surface area contributed by atoms with Crippen molar-refractivity contribution in [2.45, 2.75) is 6.54 Å². The summed E-state index contributed by atoms with van der Waals surface area (Å²) >= 11 is 0. The van der Waals surface area contributed by atoms with Gasteiger partial charge in [0.05, 0.1) is 46.4 Å². The Kier molecular flexibility index (Phi) is 4.28. The molecule has 0 bridgehead atoms. The molecule has 29 heavy (non-hydrogen) atoms. The van der Waals surface area contributed by atoms with Gasteiger partial charge in [-0.25, -0.2) is 14.1 Å². The van der Waals surface area contributed by atoms with Crippen molar-refractivity contribution in [3.05, 3.63) is 69.8 Å². The second-order valence-corrected chi connectivity index (χ2v) is 6.04. The van der Waals surface area contributed by atoms with E-state index in [1.807, 2.05) is 6.07 Å². The molecule has 11 heteroatoms. The average Bonchev–Trinajstić information content (AvgIpc) is 3.11. The third kappa shape index (κ3) is 3.30. The van der Waals surface area contributed by atoms with E-state index in [4.69, 9.17) is 11.0 Å². The van der Waals surface area contributed by atoms with E-state index in [9.17, 15) is 14.5 Å². The number of anilines is 1. The summed E-state index contributed by atoms with van der Waals surface area (Å²) in [7, 11) is 0. The topological polar surface area (TPSA) is 149 Å². The van der Waals surface area contributed by atoms with Crippen molar-refractivity contribution in [2.24, 2.45) is 0 Å². The summed E-state index contributed by atoms with van der Waals surface area (Å²) in [6, 6.07) is 8.55. The normalized spacial score (nSPS) is 10.8. The van der Waals surface area contributed by atoms with Crippen LogP contribution in [-0.2, 0) is 6.54 Å². The number of nitrogens with two attached hydrogens (primary N) is 1. The number of nitriles is 1. The van der Waals surface area contributed by atoms with Crippen LogP contribution in [0.2, 0.25) is 0 Å². The Morgan fingerprint density at radius 3 is 2.83 bits per heavy atom. The molecule has 0 aliphatic heterocycles. The fraction of sp³-hybridized carbons (Fsp3) is 0.0556. The molecular weight excluding hydrogens is 379 g/mol. The monoisotopic (exact) mass is 390 g/mol. The quantitative estimate of drug-likeness (QED) is 0.412. The molecule has 142 valence electrons. The van der Waals surface area contributed by atoms with Gasteiger partial charge in [0.1, 0.15) is 11.5 Å². The molecule has 0 spiro atoms. The van der Waals surface area contributed by atoms with Crippen molar-refractivity contribution in [3.8, 4) is 17.5 Å². The molecule has 3 aromatic heterocycles. The van der Waals surface area contributed by atoms with Gasteiger partial charge in [-0.2, -0.15) is 15.3 Å². The third-order valence-corrected chi connectivity index (χ3v) is 4.21. The number of nitro benzene ring substituents is 1. The molecule has 0 radical (unpaired) electrons. The summed E-state index contributed by atoms with van der Waals surface area (Å²) < 4.78 is 15.7. The summed E-state index contributed by atoms with van der Waals surface area (Å²) in [5, 5.41) is 24.6. The molecule has 2 N–H and O–H groups in total. The van der Waals surface area contributed by atoms with Crippen molar-refractivity contribution in [3.63, 3.8) is 0 Å². The average molecular weight is 390 g/mol. The number of nitrogens with zero attached hydrogens (tertiary/aromatic N) is 7. The number of aromatic nitrogens is 5. The molecule has 1 aromatic carbocycles. The number of halogens is 1. The van der Waals surface area contributed by atoms with Crippen LogP contribution in [0, 0.1) is 27.3 Å². The Hall–Kier alpha value is -4.46. The van der Waals surface area contributed by atoms with E-state index < -0.39 is 10.7 Å². The minimum Gasteiger partial charge on any atom is -0.368 e. The molecule has 4 rings (SSSR count). The van der Waals surface area contributed by atoms with Gasteiger partial charge in [-0.1, -0.05) is 0 Å². The van der Waals surface area contributed by atoms with Crippen molar-refractivity contribution < 1.29 is 9.31 Å². The highest BCUT2D eigenvalue weighted by Crippen LogP contribution is 2.26. The number of pyridine rings is 1. The maximum atomic E-state index is 14.3. The zero-order chi connectivity index (χ0) is 20.5. The number of non-ortho nitro benzene ring substituents is 1. The van der Waals surface area contributed by atoms with Gasteiger partial charge < -0.3 is 5.73 Å². The Bertz CT molecular complexity index is 1310. The fourth-order valence-electron chi connectivity index (χ4n) is 2.85. The summed E-state index contributed by atoms with van der Waals surface area (Å²) in [6.07, 6.45) is 2.98. The zero-order valence-corrected chi connectivity index (χ0v) is 14.7. The van der Waals surface area contributed by atoms with E-state index in [1.54, 1.807) is 12.1 Å².